The third kappa shape index (κ3) is 1.44. The average molecular weight is 211 g/mol. The molecule has 0 aliphatic carbocycles. The standard InChI is InChI=1S/C10H11ClN2O/c1-5-2-6-3-7(10(12)13)4-8(11)9(6)14-5/h3-5H,2H2,1H3,(H3,12,13). The van der Waals surface area contributed by atoms with Crippen molar-refractivity contribution in [3.8, 4) is 5.75 Å². The van der Waals surface area contributed by atoms with Crippen molar-refractivity contribution in [2.45, 2.75) is 19.4 Å². The number of fused-ring (bicyclic) bond motifs is 1. The van der Waals surface area contributed by atoms with Crippen molar-refractivity contribution >= 4 is 17.4 Å². The van der Waals surface area contributed by atoms with Gasteiger partial charge in [0.1, 0.15) is 17.7 Å². The molecule has 1 aromatic carbocycles. The Morgan fingerprint density at radius 3 is 3.00 bits per heavy atom. The lowest BCUT2D eigenvalue weighted by atomic mass is 10.1. The largest absolute Gasteiger partial charge is 0.489 e. The van der Waals surface area contributed by atoms with Crippen LogP contribution in [0.2, 0.25) is 5.02 Å². The van der Waals surface area contributed by atoms with Crippen LogP contribution in [0.1, 0.15) is 18.1 Å². The molecule has 1 atom stereocenters. The molecular formula is C10H11ClN2O. The van der Waals surface area contributed by atoms with Gasteiger partial charge in [0, 0.05) is 17.5 Å². The van der Waals surface area contributed by atoms with Crippen LogP contribution in [0, 0.1) is 5.41 Å². The minimum Gasteiger partial charge on any atom is -0.489 e. The number of amidine groups is 1. The predicted molar refractivity (Wildman–Crippen MR) is 56.3 cm³/mol. The summed E-state index contributed by atoms with van der Waals surface area (Å²) < 4.78 is 5.53. The van der Waals surface area contributed by atoms with E-state index in [2.05, 4.69) is 0 Å². The zero-order valence-electron chi connectivity index (χ0n) is 7.80. The van der Waals surface area contributed by atoms with Crippen LogP contribution in [0.25, 0.3) is 0 Å². The molecule has 0 radical (unpaired) electrons. The first kappa shape index (κ1) is 9.34. The SMILES string of the molecule is CC1Cc2cc(C(=N)N)cc(Cl)c2O1. The van der Waals surface area contributed by atoms with Crippen molar-refractivity contribution in [3.05, 3.63) is 28.3 Å². The maximum atomic E-state index is 7.32. The molecule has 0 saturated carbocycles. The lowest BCUT2D eigenvalue weighted by molar-refractivity contribution is 0.255. The van der Waals surface area contributed by atoms with Gasteiger partial charge >= 0.3 is 0 Å². The summed E-state index contributed by atoms with van der Waals surface area (Å²) >= 11 is 6.01. The van der Waals surface area contributed by atoms with Gasteiger partial charge < -0.3 is 10.5 Å². The molecule has 0 saturated heterocycles. The molecule has 0 bridgehead atoms. The molecule has 2 rings (SSSR count). The molecule has 4 heteroatoms. The van der Waals surface area contributed by atoms with Crippen LogP contribution in [0.4, 0.5) is 0 Å². The van der Waals surface area contributed by atoms with Gasteiger partial charge in [-0.3, -0.25) is 5.41 Å². The van der Waals surface area contributed by atoms with Gasteiger partial charge in [-0.2, -0.15) is 0 Å². The van der Waals surface area contributed by atoms with Gasteiger partial charge in [-0.05, 0) is 19.1 Å². The van der Waals surface area contributed by atoms with Crippen LogP contribution in [0.3, 0.4) is 0 Å². The van der Waals surface area contributed by atoms with Crippen molar-refractivity contribution in [1.29, 1.82) is 5.41 Å². The fourth-order valence-corrected chi connectivity index (χ4v) is 1.93. The van der Waals surface area contributed by atoms with E-state index in [9.17, 15) is 0 Å². The number of nitrogens with one attached hydrogen (secondary N) is 1. The lowest BCUT2D eigenvalue weighted by Gasteiger charge is -2.05. The van der Waals surface area contributed by atoms with Gasteiger partial charge in [0.25, 0.3) is 0 Å². The average Bonchev–Trinajstić information content (AvgIpc) is 2.45. The van der Waals surface area contributed by atoms with E-state index < -0.39 is 0 Å². The summed E-state index contributed by atoms with van der Waals surface area (Å²) in [6, 6.07) is 3.54. The van der Waals surface area contributed by atoms with Gasteiger partial charge in [0.15, 0.2) is 0 Å². The Kier molecular flexibility index (Phi) is 2.11. The van der Waals surface area contributed by atoms with E-state index in [1.165, 1.54) is 0 Å². The Labute approximate surface area is 87.3 Å². The first-order valence-electron chi connectivity index (χ1n) is 4.41. The quantitative estimate of drug-likeness (QED) is 0.550. The minimum absolute atomic E-state index is 0.0363. The third-order valence-corrected chi connectivity index (χ3v) is 2.54. The fourth-order valence-electron chi connectivity index (χ4n) is 1.64. The van der Waals surface area contributed by atoms with Crippen molar-refractivity contribution < 1.29 is 4.74 Å². The van der Waals surface area contributed by atoms with Gasteiger partial charge in [0.05, 0.1) is 5.02 Å². The number of nitrogens with two attached hydrogens (primary N) is 1. The van der Waals surface area contributed by atoms with Crippen molar-refractivity contribution in [1.82, 2.24) is 0 Å². The monoisotopic (exact) mass is 210 g/mol. The van der Waals surface area contributed by atoms with Crippen molar-refractivity contribution in [2.24, 2.45) is 5.73 Å². The number of hydrogen-bond donors (Lipinski definition) is 2. The van der Waals surface area contributed by atoms with Crippen LogP contribution >= 0.6 is 11.6 Å². The van der Waals surface area contributed by atoms with Crippen LogP contribution in [0.15, 0.2) is 12.1 Å². The zero-order valence-corrected chi connectivity index (χ0v) is 8.56. The molecular weight excluding hydrogens is 200 g/mol. The highest BCUT2D eigenvalue weighted by Gasteiger charge is 2.22. The van der Waals surface area contributed by atoms with Crippen molar-refractivity contribution in [3.63, 3.8) is 0 Å². The predicted octanol–water partition coefficient (Wildman–Crippen LogP) is 1.95. The number of ether oxygens (including phenoxy) is 1. The van der Waals surface area contributed by atoms with Crippen LogP contribution in [0.5, 0.6) is 5.75 Å². The number of halogens is 1. The van der Waals surface area contributed by atoms with Crippen molar-refractivity contribution in [2.75, 3.05) is 0 Å². The molecule has 0 fully saturated rings. The molecule has 1 aliphatic heterocycles. The van der Waals surface area contributed by atoms with E-state index in [4.69, 9.17) is 27.5 Å². The van der Waals surface area contributed by atoms with Crippen LogP contribution in [-0.4, -0.2) is 11.9 Å². The van der Waals surface area contributed by atoms with Gasteiger partial charge in [-0.25, -0.2) is 0 Å². The summed E-state index contributed by atoms with van der Waals surface area (Å²) in [5.41, 5.74) is 7.09. The molecule has 14 heavy (non-hydrogen) atoms. The van der Waals surface area contributed by atoms with E-state index in [-0.39, 0.29) is 11.9 Å². The van der Waals surface area contributed by atoms with E-state index in [1.807, 2.05) is 13.0 Å². The Bertz CT molecular complexity index is 403. The van der Waals surface area contributed by atoms with Crippen LogP contribution in [-0.2, 0) is 6.42 Å². The number of rotatable bonds is 1. The Morgan fingerprint density at radius 2 is 2.36 bits per heavy atom. The lowest BCUT2D eigenvalue weighted by Crippen LogP contribution is -2.11. The number of nitrogen functional groups attached to an aromatic ring is 1. The maximum absolute atomic E-state index is 7.32. The second-order valence-corrected chi connectivity index (χ2v) is 3.90. The molecule has 1 aromatic rings. The molecule has 1 aliphatic rings. The Balaban J connectivity index is 2.51. The highest BCUT2D eigenvalue weighted by Crippen LogP contribution is 2.36. The van der Waals surface area contributed by atoms with E-state index >= 15 is 0 Å². The molecule has 0 amide bonds. The normalized spacial score (nSPS) is 18.9. The zero-order chi connectivity index (χ0) is 10.3. The summed E-state index contributed by atoms with van der Waals surface area (Å²) in [6.45, 7) is 1.99. The van der Waals surface area contributed by atoms with Gasteiger partial charge in [-0.1, -0.05) is 11.6 Å². The summed E-state index contributed by atoms with van der Waals surface area (Å²) in [7, 11) is 0. The smallest absolute Gasteiger partial charge is 0.141 e. The van der Waals surface area contributed by atoms with Crippen LogP contribution < -0.4 is 10.5 Å². The molecule has 0 aromatic heterocycles. The Morgan fingerprint density at radius 1 is 1.64 bits per heavy atom. The highest BCUT2D eigenvalue weighted by atomic mass is 35.5. The molecule has 3 nitrogen and oxygen atoms in total. The van der Waals surface area contributed by atoms with E-state index in [1.54, 1.807) is 6.07 Å². The molecule has 1 heterocycles. The molecule has 0 spiro atoms. The summed E-state index contributed by atoms with van der Waals surface area (Å²) in [5, 5.41) is 7.86. The number of benzene rings is 1. The summed E-state index contributed by atoms with van der Waals surface area (Å²) in [5.74, 6) is 0.776. The molecule has 74 valence electrons. The maximum Gasteiger partial charge on any atom is 0.141 e. The first-order chi connectivity index (χ1) is 6.58. The summed E-state index contributed by atoms with van der Waals surface area (Å²) in [6.07, 6.45) is 0.987. The summed E-state index contributed by atoms with van der Waals surface area (Å²) in [4.78, 5) is 0. The van der Waals surface area contributed by atoms with Gasteiger partial charge in [-0.15, -0.1) is 0 Å². The second-order valence-electron chi connectivity index (χ2n) is 3.49. The topological polar surface area (TPSA) is 59.1 Å². The molecule has 3 N–H and O–H groups in total. The Hall–Kier alpha value is -1.22. The third-order valence-electron chi connectivity index (χ3n) is 2.26. The molecule has 1 unspecified atom stereocenters. The highest BCUT2D eigenvalue weighted by molar-refractivity contribution is 6.32. The fraction of sp³-hybridized carbons (Fsp3) is 0.300. The number of hydrogen-bond acceptors (Lipinski definition) is 2. The minimum atomic E-state index is 0.0363. The van der Waals surface area contributed by atoms with E-state index in [0.717, 1.165) is 17.7 Å². The van der Waals surface area contributed by atoms with E-state index in [0.29, 0.717) is 10.6 Å². The second kappa shape index (κ2) is 3.17. The van der Waals surface area contributed by atoms with Gasteiger partial charge in [0.2, 0.25) is 0 Å². The first-order valence-corrected chi connectivity index (χ1v) is 4.79.